The van der Waals surface area contributed by atoms with Crippen molar-refractivity contribution in [3.8, 4) is 0 Å². The van der Waals surface area contributed by atoms with Gasteiger partial charge in [-0.3, -0.25) is 4.90 Å². The van der Waals surface area contributed by atoms with Gasteiger partial charge >= 0.3 is 0 Å². The highest BCUT2D eigenvalue weighted by molar-refractivity contribution is 5.29. The highest BCUT2D eigenvalue weighted by Gasteiger charge is 2.35. The summed E-state index contributed by atoms with van der Waals surface area (Å²) >= 11 is 0. The topological polar surface area (TPSA) is 55.0 Å². The first kappa shape index (κ1) is 11.9. The molecule has 18 heavy (non-hydrogen) atoms. The van der Waals surface area contributed by atoms with E-state index in [1.165, 1.54) is 43.6 Å². The molecule has 0 aromatic carbocycles. The summed E-state index contributed by atoms with van der Waals surface area (Å²) in [6.45, 7) is 4.76. The molecule has 2 atom stereocenters. The lowest BCUT2D eigenvalue weighted by atomic mass is 9.77. The Balaban J connectivity index is 1.85. The van der Waals surface area contributed by atoms with Gasteiger partial charge in [-0.05, 0) is 56.7 Å². The molecule has 0 amide bonds. The van der Waals surface area contributed by atoms with Crippen LogP contribution in [0.15, 0.2) is 6.20 Å². The smallest absolute Gasteiger partial charge is 0.220 e. The fraction of sp³-hybridized carbons (Fsp3) is 0.714. The van der Waals surface area contributed by atoms with Crippen LogP contribution in [0.3, 0.4) is 0 Å². The third kappa shape index (κ3) is 2.09. The minimum Gasteiger partial charge on any atom is -0.368 e. The van der Waals surface area contributed by atoms with Gasteiger partial charge in [0.05, 0.1) is 0 Å². The minimum atomic E-state index is 0.424. The van der Waals surface area contributed by atoms with Crippen LogP contribution in [0, 0.1) is 5.92 Å². The maximum atomic E-state index is 5.69. The van der Waals surface area contributed by atoms with E-state index in [1.54, 1.807) is 0 Å². The molecule has 1 aliphatic heterocycles. The predicted octanol–water partition coefficient (Wildman–Crippen LogP) is 1.65. The molecule has 0 saturated carbocycles. The number of piperidine rings is 1. The van der Waals surface area contributed by atoms with Gasteiger partial charge in [-0.2, -0.15) is 0 Å². The third-order valence-electron chi connectivity index (χ3n) is 4.40. The molecule has 0 bridgehead atoms. The summed E-state index contributed by atoms with van der Waals surface area (Å²) in [7, 11) is 0. The van der Waals surface area contributed by atoms with E-state index >= 15 is 0 Å². The maximum Gasteiger partial charge on any atom is 0.220 e. The van der Waals surface area contributed by atoms with Crippen LogP contribution in [0.25, 0.3) is 0 Å². The van der Waals surface area contributed by atoms with Crippen molar-refractivity contribution < 1.29 is 0 Å². The lowest BCUT2D eigenvalue weighted by Gasteiger charge is -2.44. The first-order valence-electron chi connectivity index (χ1n) is 7.12. The molecule has 4 heteroatoms. The summed E-state index contributed by atoms with van der Waals surface area (Å²) in [5, 5.41) is 0. The number of fused-ring (bicyclic) bond motifs is 2. The number of likely N-dealkylation sites (tertiary alicyclic amines) is 1. The second-order valence-electron chi connectivity index (χ2n) is 5.61. The van der Waals surface area contributed by atoms with Gasteiger partial charge in [0, 0.05) is 17.9 Å². The molecular formula is C14H22N4. The van der Waals surface area contributed by atoms with E-state index in [-0.39, 0.29) is 0 Å². The van der Waals surface area contributed by atoms with Crippen LogP contribution in [0.1, 0.15) is 37.4 Å². The second kappa shape index (κ2) is 4.84. The van der Waals surface area contributed by atoms with Crippen LogP contribution in [0.5, 0.6) is 0 Å². The van der Waals surface area contributed by atoms with Crippen LogP contribution < -0.4 is 5.73 Å². The Morgan fingerprint density at radius 2 is 2.33 bits per heavy atom. The Hall–Kier alpha value is -1.16. The number of rotatable bonds is 2. The monoisotopic (exact) mass is 246 g/mol. The number of hydrogen-bond acceptors (Lipinski definition) is 4. The van der Waals surface area contributed by atoms with Gasteiger partial charge in [0.1, 0.15) is 0 Å². The molecule has 1 aromatic heterocycles. The van der Waals surface area contributed by atoms with Gasteiger partial charge in [0.2, 0.25) is 5.95 Å². The van der Waals surface area contributed by atoms with Crippen molar-refractivity contribution >= 4 is 5.95 Å². The largest absolute Gasteiger partial charge is 0.368 e. The number of nitrogen functional groups attached to an aromatic ring is 1. The molecule has 2 N–H and O–H groups in total. The molecule has 1 aromatic rings. The van der Waals surface area contributed by atoms with Crippen molar-refractivity contribution in [2.45, 2.75) is 45.1 Å². The Morgan fingerprint density at radius 3 is 3.17 bits per heavy atom. The van der Waals surface area contributed by atoms with E-state index in [0.29, 0.717) is 12.0 Å². The Morgan fingerprint density at radius 1 is 1.44 bits per heavy atom. The average molecular weight is 246 g/mol. The zero-order valence-electron chi connectivity index (χ0n) is 11.1. The van der Waals surface area contributed by atoms with Crippen molar-refractivity contribution in [2.24, 2.45) is 5.92 Å². The Kier molecular flexibility index (Phi) is 3.20. The van der Waals surface area contributed by atoms with Gasteiger partial charge in [-0.15, -0.1) is 0 Å². The Labute approximate surface area is 109 Å². The highest BCUT2D eigenvalue weighted by Crippen LogP contribution is 2.34. The van der Waals surface area contributed by atoms with Gasteiger partial charge in [-0.1, -0.05) is 6.92 Å². The van der Waals surface area contributed by atoms with Crippen LogP contribution in [0.4, 0.5) is 5.95 Å². The van der Waals surface area contributed by atoms with E-state index in [2.05, 4.69) is 21.8 Å². The molecule has 1 aliphatic carbocycles. The van der Waals surface area contributed by atoms with Crippen LogP contribution in [-0.4, -0.2) is 34.0 Å². The van der Waals surface area contributed by atoms with Gasteiger partial charge < -0.3 is 5.73 Å². The fourth-order valence-electron chi connectivity index (χ4n) is 3.59. The molecule has 0 radical (unpaired) electrons. The molecule has 98 valence electrons. The summed E-state index contributed by atoms with van der Waals surface area (Å²) in [6.07, 6.45) is 8.06. The number of aromatic nitrogens is 2. The maximum absolute atomic E-state index is 5.69. The number of nitrogens with two attached hydrogens (primary N) is 1. The molecule has 0 unspecified atom stereocenters. The van der Waals surface area contributed by atoms with Gasteiger partial charge in [0.15, 0.2) is 0 Å². The lowest BCUT2D eigenvalue weighted by Crippen LogP contribution is -2.49. The quantitative estimate of drug-likeness (QED) is 0.862. The van der Waals surface area contributed by atoms with Gasteiger partial charge in [0.25, 0.3) is 0 Å². The first-order chi connectivity index (χ1) is 8.78. The zero-order valence-corrected chi connectivity index (χ0v) is 11.1. The van der Waals surface area contributed by atoms with Crippen molar-refractivity contribution in [1.29, 1.82) is 0 Å². The zero-order chi connectivity index (χ0) is 12.5. The van der Waals surface area contributed by atoms with Crippen LogP contribution in [-0.2, 0) is 12.8 Å². The van der Waals surface area contributed by atoms with E-state index in [4.69, 9.17) is 5.73 Å². The van der Waals surface area contributed by atoms with E-state index in [0.717, 1.165) is 18.8 Å². The molecule has 2 heterocycles. The SMILES string of the molecule is CCCN1CCC[C@@H]2Cc3nc(N)ncc3C[C@@H]21. The van der Waals surface area contributed by atoms with Gasteiger partial charge in [-0.25, -0.2) is 9.97 Å². The molecule has 3 rings (SSSR count). The average Bonchev–Trinajstić information content (AvgIpc) is 2.37. The normalized spacial score (nSPS) is 27.6. The van der Waals surface area contributed by atoms with Crippen LogP contribution >= 0.6 is 0 Å². The number of nitrogens with zero attached hydrogens (tertiary/aromatic N) is 3. The van der Waals surface area contributed by atoms with Crippen molar-refractivity contribution in [3.05, 3.63) is 17.5 Å². The summed E-state index contributed by atoms with van der Waals surface area (Å²) in [5.74, 6) is 1.19. The first-order valence-corrected chi connectivity index (χ1v) is 7.12. The molecule has 0 spiro atoms. The van der Waals surface area contributed by atoms with E-state index < -0.39 is 0 Å². The lowest BCUT2D eigenvalue weighted by molar-refractivity contribution is 0.0845. The minimum absolute atomic E-state index is 0.424. The summed E-state index contributed by atoms with van der Waals surface area (Å²) in [6, 6.07) is 0.707. The molecule has 2 aliphatic rings. The predicted molar refractivity (Wildman–Crippen MR) is 72.2 cm³/mol. The molecule has 4 nitrogen and oxygen atoms in total. The molecule has 1 fully saturated rings. The second-order valence-corrected chi connectivity index (χ2v) is 5.61. The number of anilines is 1. The number of hydrogen-bond donors (Lipinski definition) is 1. The van der Waals surface area contributed by atoms with Crippen LogP contribution in [0.2, 0.25) is 0 Å². The Bertz CT molecular complexity index is 430. The fourth-order valence-corrected chi connectivity index (χ4v) is 3.59. The van der Waals surface area contributed by atoms with Crippen molar-refractivity contribution in [3.63, 3.8) is 0 Å². The summed E-state index contributed by atoms with van der Waals surface area (Å²) < 4.78 is 0. The molecule has 1 saturated heterocycles. The summed E-state index contributed by atoms with van der Waals surface area (Å²) in [4.78, 5) is 11.2. The standard InChI is InChI=1S/C14H22N4/c1-2-5-18-6-3-4-10-7-12-11(8-13(10)18)9-16-14(15)17-12/h9-10,13H,2-8H2,1H3,(H2,15,16,17)/t10-,13+/m1/s1. The van der Waals surface area contributed by atoms with E-state index in [1.807, 2.05) is 6.20 Å². The highest BCUT2D eigenvalue weighted by atomic mass is 15.2. The van der Waals surface area contributed by atoms with E-state index in [9.17, 15) is 0 Å². The third-order valence-corrected chi connectivity index (χ3v) is 4.40. The summed E-state index contributed by atoms with van der Waals surface area (Å²) in [5.41, 5.74) is 8.20. The van der Waals surface area contributed by atoms with Crippen molar-refractivity contribution in [1.82, 2.24) is 14.9 Å². The molecular weight excluding hydrogens is 224 g/mol. The van der Waals surface area contributed by atoms with Crippen molar-refractivity contribution in [2.75, 3.05) is 18.8 Å².